The van der Waals surface area contributed by atoms with Crippen LogP contribution in [-0.2, 0) is 12.2 Å². The standard InChI is InChI=1S/C13H15NS/c1-2-11-9-15-7-5-13(11)12(3-1)10-4-6-14-8-10/h1-3,6,10H,4-5,7-9H2. The largest absolute Gasteiger partial charge is 0.297 e. The Kier molecular flexibility index (Phi) is 2.53. The van der Waals surface area contributed by atoms with Gasteiger partial charge in [0.1, 0.15) is 0 Å². The van der Waals surface area contributed by atoms with E-state index >= 15 is 0 Å². The molecule has 0 aliphatic carbocycles. The van der Waals surface area contributed by atoms with Crippen molar-refractivity contribution in [3.05, 3.63) is 34.9 Å². The molecule has 78 valence electrons. The molecule has 0 fully saturated rings. The summed E-state index contributed by atoms with van der Waals surface area (Å²) in [7, 11) is 0. The first-order valence-electron chi connectivity index (χ1n) is 5.62. The van der Waals surface area contributed by atoms with Crippen molar-refractivity contribution in [3.63, 3.8) is 0 Å². The molecule has 1 atom stereocenters. The Morgan fingerprint density at radius 1 is 1.33 bits per heavy atom. The molecule has 3 rings (SSSR count). The van der Waals surface area contributed by atoms with Crippen LogP contribution in [0.15, 0.2) is 23.2 Å². The van der Waals surface area contributed by atoms with Gasteiger partial charge < -0.3 is 0 Å². The van der Waals surface area contributed by atoms with E-state index in [2.05, 4.69) is 41.2 Å². The summed E-state index contributed by atoms with van der Waals surface area (Å²) in [5, 5.41) is 0. The minimum Gasteiger partial charge on any atom is -0.297 e. The topological polar surface area (TPSA) is 12.4 Å². The summed E-state index contributed by atoms with van der Waals surface area (Å²) in [6, 6.07) is 6.83. The molecule has 15 heavy (non-hydrogen) atoms. The molecular weight excluding hydrogens is 202 g/mol. The molecule has 0 amide bonds. The maximum Gasteiger partial charge on any atom is 0.0457 e. The van der Waals surface area contributed by atoms with Crippen LogP contribution >= 0.6 is 11.8 Å². The van der Waals surface area contributed by atoms with E-state index in [1.807, 2.05) is 0 Å². The third-order valence-electron chi connectivity index (χ3n) is 3.35. The van der Waals surface area contributed by atoms with Crippen LogP contribution in [0.2, 0.25) is 0 Å². The minimum absolute atomic E-state index is 0.669. The first kappa shape index (κ1) is 9.46. The molecule has 1 aromatic carbocycles. The van der Waals surface area contributed by atoms with E-state index in [4.69, 9.17) is 0 Å². The van der Waals surface area contributed by atoms with Crippen molar-refractivity contribution < 1.29 is 0 Å². The molecule has 0 radical (unpaired) electrons. The lowest BCUT2D eigenvalue weighted by Gasteiger charge is -2.21. The number of hydrogen-bond acceptors (Lipinski definition) is 2. The van der Waals surface area contributed by atoms with Crippen molar-refractivity contribution in [1.29, 1.82) is 0 Å². The van der Waals surface area contributed by atoms with Gasteiger partial charge in [-0.1, -0.05) is 18.2 Å². The lowest BCUT2D eigenvalue weighted by molar-refractivity contribution is 0.764. The van der Waals surface area contributed by atoms with Crippen LogP contribution in [0.5, 0.6) is 0 Å². The molecule has 0 N–H and O–H groups in total. The highest BCUT2D eigenvalue weighted by Gasteiger charge is 2.20. The molecule has 2 aliphatic heterocycles. The van der Waals surface area contributed by atoms with Crippen molar-refractivity contribution in [2.75, 3.05) is 12.3 Å². The molecule has 0 bridgehead atoms. The van der Waals surface area contributed by atoms with E-state index in [0.717, 1.165) is 13.0 Å². The summed E-state index contributed by atoms with van der Waals surface area (Å²) in [5.41, 5.74) is 4.77. The Morgan fingerprint density at radius 2 is 2.33 bits per heavy atom. The number of benzene rings is 1. The van der Waals surface area contributed by atoms with Gasteiger partial charge in [-0.3, -0.25) is 4.99 Å². The fourth-order valence-electron chi connectivity index (χ4n) is 2.54. The summed E-state index contributed by atoms with van der Waals surface area (Å²) in [6.07, 6.45) is 4.48. The van der Waals surface area contributed by atoms with Crippen LogP contribution in [0.25, 0.3) is 0 Å². The Balaban J connectivity index is 1.99. The van der Waals surface area contributed by atoms with Crippen LogP contribution in [-0.4, -0.2) is 18.5 Å². The predicted octanol–water partition coefficient (Wildman–Crippen LogP) is 3.03. The summed E-state index contributed by atoms with van der Waals surface area (Å²) in [4.78, 5) is 4.36. The Hall–Kier alpha value is -0.760. The fraction of sp³-hybridized carbons (Fsp3) is 0.462. The number of nitrogens with zero attached hydrogens (tertiary/aromatic N) is 1. The fourth-order valence-corrected chi connectivity index (χ4v) is 3.52. The van der Waals surface area contributed by atoms with Crippen LogP contribution < -0.4 is 0 Å². The van der Waals surface area contributed by atoms with Crippen molar-refractivity contribution in [2.24, 2.45) is 4.99 Å². The third kappa shape index (κ3) is 1.71. The van der Waals surface area contributed by atoms with E-state index in [1.54, 1.807) is 16.7 Å². The predicted molar refractivity (Wildman–Crippen MR) is 67.0 cm³/mol. The maximum atomic E-state index is 4.36. The number of rotatable bonds is 1. The summed E-state index contributed by atoms with van der Waals surface area (Å²) in [6.45, 7) is 1.00. The van der Waals surface area contributed by atoms with Gasteiger partial charge in [-0.2, -0.15) is 11.8 Å². The summed E-state index contributed by atoms with van der Waals surface area (Å²) in [5.74, 6) is 3.16. The smallest absolute Gasteiger partial charge is 0.0457 e. The zero-order valence-electron chi connectivity index (χ0n) is 8.78. The molecule has 0 aromatic heterocycles. The zero-order valence-corrected chi connectivity index (χ0v) is 9.59. The van der Waals surface area contributed by atoms with E-state index in [9.17, 15) is 0 Å². The van der Waals surface area contributed by atoms with Gasteiger partial charge in [0.25, 0.3) is 0 Å². The second-order valence-corrected chi connectivity index (χ2v) is 5.37. The van der Waals surface area contributed by atoms with Gasteiger partial charge in [-0.25, -0.2) is 0 Å². The molecule has 1 nitrogen and oxygen atoms in total. The molecule has 2 aliphatic rings. The second-order valence-electron chi connectivity index (χ2n) is 4.27. The maximum absolute atomic E-state index is 4.36. The number of fused-ring (bicyclic) bond motifs is 1. The van der Waals surface area contributed by atoms with Crippen molar-refractivity contribution in [1.82, 2.24) is 0 Å². The molecule has 0 saturated carbocycles. The zero-order chi connectivity index (χ0) is 10.1. The van der Waals surface area contributed by atoms with Crippen molar-refractivity contribution in [2.45, 2.75) is 24.5 Å². The van der Waals surface area contributed by atoms with Gasteiger partial charge in [0, 0.05) is 18.2 Å². The summed E-state index contributed by atoms with van der Waals surface area (Å²) < 4.78 is 0. The first-order valence-corrected chi connectivity index (χ1v) is 6.77. The first-order chi connectivity index (χ1) is 7.45. The van der Waals surface area contributed by atoms with Crippen molar-refractivity contribution >= 4 is 18.0 Å². The number of aliphatic imine (C=N–C) groups is 1. The Morgan fingerprint density at radius 3 is 3.20 bits per heavy atom. The van der Waals surface area contributed by atoms with E-state index < -0.39 is 0 Å². The van der Waals surface area contributed by atoms with Crippen molar-refractivity contribution in [3.8, 4) is 0 Å². The van der Waals surface area contributed by atoms with Crippen LogP contribution in [0.1, 0.15) is 29.0 Å². The average Bonchev–Trinajstić information content (AvgIpc) is 2.82. The SMILES string of the molecule is C1=NCC(c2cccc3c2CCSC3)C1. The van der Waals surface area contributed by atoms with Crippen LogP contribution in [0.3, 0.4) is 0 Å². The third-order valence-corrected chi connectivity index (χ3v) is 4.36. The van der Waals surface area contributed by atoms with E-state index in [1.165, 1.54) is 17.9 Å². The minimum atomic E-state index is 0.669. The van der Waals surface area contributed by atoms with E-state index in [0.29, 0.717) is 5.92 Å². The monoisotopic (exact) mass is 217 g/mol. The molecule has 0 spiro atoms. The average molecular weight is 217 g/mol. The lowest BCUT2D eigenvalue weighted by Crippen LogP contribution is -2.10. The quantitative estimate of drug-likeness (QED) is 0.704. The molecule has 0 saturated heterocycles. The van der Waals surface area contributed by atoms with E-state index in [-0.39, 0.29) is 0 Å². The Bertz CT molecular complexity index is 390. The molecule has 2 heteroatoms. The van der Waals surface area contributed by atoms with Gasteiger partial charge in [0.15, 0.2) is 0 Å². The number of thioether (sulfide) groups is 1. The molecule has 2 heterocycles. The molecule has 1 aromatic rings. The van der Waals surface area contributed by atoms with Gasteiger partial charge in [0.2, 0.25) is 0 Å². The highest BCUT2D eigenvalue weighted by molar-refractivity contribution is 7.98. The Labute approximate surface area is 95.0 Å². The summed E-state index contributed by atoms with van der Waals surface area (Å²) >= 11 is 2.06. The van der Waals surface area contributed by atoms with Gasteiger partial charge in [-0.05, 0) is 41.5 Å². The van der Waals surface area contributed by atoms with Gasteiger partial charge in [-0.15, -0.1) is 0 Å². The molecule has 1 unspecified atom stereocenters. The normalized spacial score (nSPS) is 24.1. The van der Waals surface area contributed by atoms with Crippen LogP contribution in [0, 0.1) is 0 Å². The molecular formula is C13H15NS. The number of hydrogen-bond donors (Lipinski definition) is 0. The van der Waals surface area contributed by atoms with Gasteiger partial charge in [0.05, 0.1) is 0 Å². The van der Waals surface area contributed by atoms with Gasteiger partial charge >= 0.3 is 0 Å². The highest BCUT2D eigenvalue weighted by atomic mass is 32.2. The van der Waals surface area contributed by atoms with Crippen LogP contribution in [0.4, 0.5) is 0 Å². The second kappa shape index (κ2) is 4.01. The lowest BCUT2D eigenvalue weighted by atomic mass is 9.89. The highest BCUT2D eigenvalue weighted by Crippen LogP contribution is 2.33.